The molecule has 0 aromatic rings. The predicted octanol–water partition coefficient (Wildman–Crippen LogP) is 3.55. The third kappa shape index (κ3) is 14.0. The molecule has 1 aliphatic carbocycles. The molecule has 8 heteroatoms. The molecule has 0 amide bonds. The number of ether oxygens (including phenoxy) is 6. The van der Waals surface area contributed by atoms with Crippen LogP contribution in [0.3, 0.4) is 0 Å². The van der Waals surface area contributed by atoms with Crippen LogP contribution in [0.25, 0.3) is 0 Å². The summed E-state index contributed by atoms with van der Waals surface area (Å²) in [5.41, 5.74) is 0. The van der Waals surface area contributed by atoms with Crippen molar-refractivity contribution in [3.63, 3.8) is 0 Å². The van der Waals surface area contributed by atoms with Gasteiger partial charge >= 0.3 is 11.9 Å². The molecule has 1 aliphatic rings. The van der Waals surface area contributed by atoms with E-state index < -0.39 is 11.8 Å². The van der Waals surface area contributed by atoms with Crippen LogP contribution in [0, 0.1) is 11.8 Å². The van der Waals surface area contributed by atoms with Crippen molar-refractivity contribution in [1.82, 2.24) is 0 Å². The fraction of sp³-hybridized carbons (Fsp3) is 0.917. The SMILES string of the molecule is CCCCOCCOCCOC(=O)C1CCCCC1C(=O)OCCOCCOCCCC. The minimum atomic E-state index is -0.443. The summed E-state index contributed by atoms with van der Waals surface area (Å²) in [5, 5.41) is 0. The van der Waals surface area contributed by atoms with Crippen molar-refractivity contribution >= 4 is 11.9 Å². The molecule has 1 saturated carbocycles. The van der Waals surface area contributed by atoms with Gasteiger partial charge in [0.1, 0.15) is 13.2 Å². The van der Waals surface area contributed by atoms with E-state index in [1.54, 1.807) is 0 Å². The van der Waals surface area contributed by atoms with Gasteiger partial charge in [-0.15, -0.1) is 0 Å². The zero-order valence-corrected chi connectivity index (χ0v) is 20.1. The second-order valence-electron chi connectivity index (χ2n) is 7.99. The Hall–Kier alpha value is -1.22. The third-order valence-corrected chi connectivity index (χ3v) is 5.34. The van der Waals surface area contributed by atoms with Crippen molar-refractivity contribution in [1.29, 1.82) is 0 Å². The summed E-state index contributed by atoms with van der Waals surface area (Å²) in [6.07, 6.45) is 7.43. The number of hydrogen-bond acceptors (Lipinski definition) is 8. The molecular weight excluding hydrogens is 416 g/mol. The molecular formula is C24H44O8. The van der Waals surface area contributed by atoms with Gasteiger partial charge in [-0.05, 0) is 25.7 Å². The monoisotopic (exact) mass is 460 g/mol. The van der Waals surface area contributed by atoms with Gasteiger partial charge in [0, 0.05) is 13.2 Å². The molecule has 0 bridgehead atoms. The summed E-state index contributed by atoms with van der Waals surface area (Å²) >= 11 is 0. The maximum Gasteiger partial charge on any atom is 0.309 e. The fourth-order valence-electron chi connectivity index (χ4n) is 3.45. The minimum absolute atomic E-state index is 0.181. The highest BCUT2D eigenvalue weighted by atomic mass is 16.6. The first-order valence-corrected chi connectivity index (χ1v) is 12.3. The van der Waals surface area contributed by atoms with E-state index in [-0.39, 0.29) is 25.2 Å². The summed E-state index contributed by atoms with van der Waals surface area (Å²) in [6.45, 7) is 8.77. The highest BCUT2D eigenvalue weighted by molar-refractivity contribution is 5.82. The first kappa shape index (κ1) is 28.8. The molecule has 2 atom stereocenters. The Kier molecular flexibility index (Phi) is 18.4. The van der Waals surface area contributed by atoms with Crippen molar-refractivity contribution in [3.05, 3.63) is 0 Å². The zero-order chi connectivity index (χ0) is 23.3. The van der Waals surface area contributed by atoms with E-state index in [2.05, 4.69) is 13.8 Å². The van der Waals surface area contributed by atoms with Crippen LogP contribution >= 0.6 is 0 Å². The van der Waals surface area contributed by atoms with Crippen LogP contribution in [0.15, 0.2) is 0 Å². The van der Waals surface area contributed by atoms with Crippen molar-refractivity contribution in [2.24, 2.45) is 11.8 Å². The Morgan fingerprint density at radius 1 is 0.562 bits per heavy atom. The summed E-state index contributed by atoms with van der Waals surface area (Å²) in [5.74, 6) is -1.56. The van der Waals surface area contributed by atoms with Crippen LogP contribution in [0.2, 0.25) is 0 Å². The molecule has 0 N–H and O–H groups in total. The topological polar surface area (TPSA) is 89.5 Å². The smallest absolute Gasteiger partial charge is 0.309 e. The molecule has 8 nitrogen and oxygen atoms in total. The normalized spacial score (nSPS) is 18.4. The largest absolute Gasteiger partial charge is 0.463 e. The number of carbonyl (C=O) groups is 2. The van der Waals surface area contributed by atoms with Gasteiger partial charge in [-0.3, -0.25) is 9.59 Å². The van der Waals surface area contributed by atoms with E-state index in [0.717, 1.165) is 51.7 Å². The average Bonchev–Trinajstić information content (AvgIpc) is 2.81. The van der Waals surface area contributed by atoms with Gasteiger partial charge in [0.15, 0.2) is 0 Å². The van der Waals surface area contributed by atoms with Gasteiger partial charge in [-0.2, -0.15) is 0 Å². The molecule has 0 aliphatic heterocycles. The first-order chi connectivity index (χ1) is 15.7. The van der Waals surface area contributed by atoms with E-state index >= 15 is 0 Å². The van der Waals surface area contributed by atoms with Crippen molar-refractivity contribution in [2.45, 2.75) is 65.2 Å². The van der Waals surface area contributed by atoms with Crippen LogP contribution in [0.4, 0.5) is 0 Å². The van der Waals surface area contributed by atoms with Gasteiger partial charge in [0.05, 0.1) is 51.5 Å². The molecule has 0 radical (unpaired) electrons. The van der Waals surface area contributed by atoms with Gasteiger partial charge in [0.25, 0.3) is 0 Å². The van der Waals surface area contributed by atoms with Gasteiger partial charge < -0.3 is 28.4 Å². The molecule has 0 aromatic carbocycles. The zero-order valence-electron chi connectivity index (χ0n) is 20.1. The number of rotatable bonds is 20. The molecule has 0 saturated heterocycles. The van der Waals surface area contributed by atoms with E-state index in [4.69, 9.17) is 28.4 Å². The van der Waals surface area contributed by atoms with Crippen LogP contribution in [-0.4, -0.2) is 78.0 Å². The average molecular weight is 461 g/mol. The van der Waals surface area contributed by atoms with Crippen LogP contribution in [0.5, 0.6) is 0 Å². The minimum Gasteiger partial charge on any atom is -0.463 e. The summed E-state index contributed by atoms with van der Waals surface area (Å²) in [7, 11) is 0. The van der Waals surface area contributed by atoms with Crippen molar-refractivity contribution < 1.29 is 38.0 Å². The third-order valence-electron chi connectivity index (χ3n) is 5.34. The van der Waals surface area contributed by atoms with E-state index in [1.807, 2.05) is 0 Å². The summed E-state index contributed by atoms with van der Waals surface area (Å²) < 4.78 is 32.4. The van der Waals surface area contributed by atoms with E-state index in [9.17, 15) is 9.59 Å². The number of unbranched alkanes of at least 4 members (excludes halogenated alkanes) is 2. The quantitative estimate of drug-likeness (QED) is 0.201. The van der Waals surface area contributed by atoms with Gasteiger partial charge in [-0.25, -0.2) is 0 Å². The lowest BCUT2D eigenvalue weighted by atomic mass is 9.79. The van der Waals surface area contributed by atoms with Crippen LogP contribution < -0.4 is 0 Å². The Morgan fingerprint density at radius 3 is 1.28 bits per heavy atom. The Balaban J connectivity index is 2.15. The first-order valence-electron chi connectivity index (χ1n) is 12.3. The predicted molar refractivity (Wildman–Crippen MR) is 120 cm³/mol. The Labute approximate surface area is 193 Å². The van der Waals surface area contributed by atoms with E-state index in [1.165, 1.54) is 0 Å². The van der Waals surface area contributed by atoms with Crippen molar-refractivity contribution in [3.8, 4) is 0 Å². The molecule has 32 heavy (non-hydrogen) atoms. The lowest BCUT2D eigenvalue weighted by Crippen LogP contribution is -2.35. The van der Waals surface area contributed by atoms with Crippen LogP contribution in [-0.2, 0) is 38.0 Å². The molecule has 0 spiro atoms. The standard InChI is InChI=1S/C24H44O8/c1-3-5-11-27-13-15-29-17-19-31-23(25)21-9-7-8-10-22(21)24(26)32-20-18-30-16-14-28-12-6-4-2/h21-22H,3-20H2,1-2H3. The Bertz CT molecular complexity index is 429. The maximum absolute atomic E-state index is 12.5. The summed E-state index contributed by atoms with van der Waals surface area (Å²) in [6, 6.07) is 0. The molecule has 0 heterocycles. The Morgan fingerprint density at radius 2 is 0.906 bits per heavy atom. The number of hydrogen-bond donors (Lipinski definition) is 0. The van der Waals surface area contributed by atoms with Gasteiger partial charge in [-0.1, -0.05) is 39.5 Å². The lowest BCUT2D eigenvalue weighted by Gasteiger charge is -2.28. The molecule has 1 rings (SSSR count). The second kappa shape index (κ2) is 20.4. The highest BCUT2D eigenvalue weighted by Crippen LogP contribution is 2.32. The summed E-state index contributed by atoms with van der Waals surface area (Å²) in [4.78, 5) is 25.0. The molecule has 188 valence electrons. The fourth-order valence-corrected chi connectivity index (χ4v) is 3.45. The molecule has 1 fully saturated rings. The van der Waals surface area contributed by atoms with Crippen molar-refractivity contribution in [2.75, 3.05) is 66.1 Å². The van der Waals surface area contributed by atoms with Crippen LogP contribution in [0.1, 0.15) is 65.2 Å². The van der Waals surface area contributed by atoms with E-state index in [0.29, 0.717) is 52.5 Å². The second-order valence-corrected chi connectivity index (χ2v) is 7.99. The molecule has 2 unspecified atom stereocenters. The number of carbonyl (C=O) groups excluding carboxylic acids is 2. The highest BCUT2D eigenvalue weighted by Gasteiger charge is 2.37. The maximum atomic E-state index is 12.5. The number of esters is 2. The lowest BCUT2D eigenvalue weighted by molar-refractivity contribution is -0.164. The molecule has 0 aromatic heterocycles. The van der Waals surface area contributed by atoms with Gasteiger partial charge in [0.2, 0.25) is 0 Å².